The fourth-order valence-corrected chi connectivity index (χ4v) is 3.42. The van der Waals surface area contributed by atoms with Gasteiger partial charge in [-0.2, -0.15) is 0 Å². The van der Waals surface area contributed by atoms with E-state index in [4.69, 9.17) is 17.0 Å². The maximum absolute atomic E-state index is 5.75. The van der Waals surface area contributed by atoms with Crippen LogP contribution in [0.25, 0.3) is 0 Å². The van der Waals surface area contributed by atoms with Crippen LogP contribution >= 0.6 is 12.2 Å². The highest BCUT2D eigenvalue weighted by Crippen LogP contribution is 2.24. The zero-order valence-corrected chi connectivity index (χ0v) is 12.6. The zero-order valence-electron chi connectivity index (χ0n) is 11.8. The Balaban J connectivity index is 1.86. The number of thiocarbonyl (C=S) groups is 1. The fraction of sp³-hybridized carbons (Fsp3) is 0.929. The van der Waals surface area contributed by atoms with Gasteiger partial charge in [0.05, 0.1) is 12.2 Å². The van der Waals surface area contributed by atoms with E-state index >= 15 is 0 Å². The van der Waals surface area contributed by atoms with Gasteiger partial charge in [-0.05, 0) is 44.8 Å². The first-order valence-electron chi connectivity index (χ1n) is 7.27. The first-order valence-corrected chi connectivity index (χ1v) is 7.68. The molecule has 0 amide bonds. The molecular formula is C14H26N2OS. The van der Waals surface area contributed by atoms with E-state index in [0.29, 0.717) is 6.04 Å². The summed E-state index contributed by atoms with van der Waals surface area (Å²) in [5.41, 5.74) is 0. The van der Waals surface area contributed by atoms with E-state index in [1.54, 1.807) is 0 Å². The molecule has 2 rings (SSSR count). The second-order valence-corrected chi connectivity index (χ2v) is 6.37. The van der Waals surface area contributed by atoms with Crippen LogP contribution in [0.1, 0.15) is 46.5 Å². The molecule has 3 nitrogen and oxygen atoms in total. The van der Waals surface area contributed by atoms with E-state index < -0.39 is 0 Å². The summed E-state index contributed by atoms with van der Waals surface area (Å²) in [4.78, 5) is 2.27. The van der Waals surface area contributed by atoms with Crippen molar-refractivity contribution in [3.8, 4) is 0 Å². The lowest BCUT2D eigenvalue weighted by Crippen LogP contribution is -2.54. The van der Waals surface area contributed by atoms with Crippen molar-refractivity contribution >= 4 is 17.3 Å². The van der Waals surface area contributed by atoms with Gasteiger partial charge in [0.2, 0.25) is 0 Å². The van der Waals surface area contributed by atoms with Gasteiger partial charge in [0, 0.05) is 19.1 Å². The van der Waals surface area contributed by atoms with Gasteiger partial charge in [0.15, 0.2) is 5.11 Å². The van der Waals surface area contributed by atoms with Crippen molar-refractivity contribution < 1.29 is 4.74 Å². The molecule has 1 saturated carbocycles. The third kappa shape index (κ3) is 3.58. The third-order valence-electron chi connectivity index (χ3n) is 4.13. The maximum atomic E-state index is 5.75. The summed E-state index contributed by atoms with van der Waals surface area (Å²) in [6.07, 6.45) is 5.85. The van der Waals surface area contributed by atoms with Crippen LogP contribution in [0.3, 0.4) is 0 Å². The van der Waals surface area contributed by atoms with Crippen LogP contribution in [-0.4, -0.2) is 41.4 Å². The van der Waals surface area contributed by atoms with Gasteiger partial charge in [-0.15, -0.1) is 0 Å². The van der Waals surface area contributed by atoms with Gasteiger partial charge in [-0.1, -0.05) is 19.8 Å². The normalized spacial score (nSPS) is 37.4. The van der Waals surface area contributed by atoms with Crippen molar-refractivity contribution in [3.63, 3.8) is 0 Å². The van der Waals surface area contributed by atoms with Crippen molar-refractivity contribution in [2.24, 2.45) is 5.92 Å². The average Bonchev–Trinajstić information content (AvgIpc) is 2.31. The number of morpholine rings is 1. The number of rotatable bonds is 1. The van der Waals surface area contributed by atoms with Gasteiger partial charge in [0.1, 0.15) is 0 Å². The lowest BCUT2D eigenvalue weighted by Gasteiger charge is -2.39. The largest absolute Gasteiger partial charge is 0.372 e. The molecule has 4 heteroatoms. The Kier molecular flexibility index (Phi) is 4.84. The number of nitrogens with one attached hydrogen (secondary N) is 1. The minimum absolute atomic E-state index is 0.275. The van der Waals surface area contributed by atoms with Crippen LogP contribution in [0.5, 0.6) is 0 Å². The topological polar surface area (TPSA) is 24.5 Å². The maximum Gasteiger partial charge on any atom is 0.169 e. The van der Waals surface area contributed by atoms with Crippen molar-refractivity contribution in [1.82, 2.24) is 10.2 Å². The SMILES string of the molecule is C[C@@H]1CN(C(=S)N[C@@H]2CCCC[C@@H]2C)C[C@H](C)O1. The van der Waals surface area contributed by atoms with Gasteiger partial charge >= 0.3 is 0 Å². The zero-order chi connectivity index (χ0) is 13.1. The Bertz CT molecular complexity index is 288. The molecule has 0 radical (unpaired) electrons. The van der Waals surface area contributed by atoms with Crippen molar-refractivity contribution in [2.45, 2.75) is 64.7 Å². The molecule has 1 N–H and O–H groups in total. The molecule has 2 fully saturated rings. The smallest absolute Gasteiger partial charge is 0.169 e. The minimum atomic E-state index is 0.275. The molecule has 1 heterocycles. The minimum Gasteiger partial charge on any atom is -0.372 e. The van der Waals surface area contributed by atoms with E-state index in [1.807, 2.05) is 0 Å². The highest BCUT2D eigenvalue weighted by molar-refractivity contribution is 7.80. The molecule has 4 atom stereocenters. The quantitative estimate of drug-likeness (QED) is 0.740. The molecule has 1 aliphatic heterocycles. The molecule has 1 saturated heterocycles. The van der Waals surface area contributed by atoms with Crippen molar-refractivity contribution in [2.75, 3.05) is 13.1 Å². The van der Waals surface area contributed by atoms with Gasteiger partial charge in [0.25, 0.3) is 0 Å². The summed E-state index contributed by atoms with van der Waals surface area (Å²) >= 11 is 5.57. The van der Waals surface area contributed by atoms with Gasteiger partial charge in [-0.3, -0.25) is 0 Å². The van der Waals surface area contributed by atoms with Gasteiger partial charge in [-0.25, -0.2) is 0 Å². The number of hydrogen-bond acceptors (Lipinski definition) is 2. The summed E-state index contributed by atoms with van der Waals surface area (Å²) in [6.45, 7) is 8.40. The molecule has 0 aromatic rings. The Labute approximate surface area is 116 Å². The number of ether oxygens (including phenoxy) is 1. The molecule has 18 heavy (non-hydrogen) atoms. The molecule has 0 spiro atoms. The van der Waals surface area contributed by atoms with Crippen LogP contribution in [0, 0.1) is 5.92 Å². The molecule has 0 bridgehead atoms. The number of hydrogen-bond donors (Lipinski definition) is 1. The third-order valence-corrected chi connectivity index (χ3v) is 4.50. The average molecular weight is 270 g/mol. The molecule has 0 aromatic heterocycles. The molecular weight excluding hydrogens is 244 g/mol. The second kappa shape index (κ2) is 6.20. The van der Waals surface area contributed by atoms with E-state index in [-0.39, 0.29) is 12.2 Å². The number of nitrogens with zero attached hydrogens (tertiary/aromatic N) is 1. The highest BCUT2D eigenvalue weighted by atomic mass is 32.1. The van der Waals surface area contributed by atoms with Crippen LogP contribution in [-0.2, 0) is 4.74 Å². The van der Waals surface area contributed by atoms with E-state index in [1.165, 1.54) is 25.7 Å². The monoisotopic (exact) mass is 270 g/mol. The molecule has 0 aromatic carbocycles. The molecule has 104 valence electrons. The Morgan fingerprint density at radius 2 is 1.72 bits per heavy atom. The van der Waals surface area contributed by atoms with Crippen LogP contribution in [0.4, 0.5) is 0 Å². The lowest BCUT2D eigenvalue weighted by molar-refractivity contribution is -0.0484. The van der Waals surface area contributed by atoms with Crippen molar-refractivity contribution in [3.05, 3.63) is 0 Å². The second-order valence-electron chi connectivity index (χ2n) is 5.98. The van der Waals surface area contributed by atoms with Crippen LogP contribution in [0.2, 0.25) is 0 Å². The van der Waals surface area contributed by atoms with Gasteiger partial charge < -0.3 is 15.0 Å². The Hall–Kier alpha value is -0.350. The van der Waals surface area contributed by atoms with E-state index in [0.717, 1.165) is 24.1 Å². The summed E-state index contributed by atoms with van der Waals surface area (Å²) in [6, 6.07) is 0.569. The van der Waals surface area contributed by atoms with Crippen LogP contribution in [0.15, 0.2) is 0 Å². The summed E-state index contributed by atoms with van der Waals surface area (Å²) < 4.78 is 5.75. The standard InChI is InChI=1S/C14H26N2OS/c1-10-6-4-5-7-13(10)15-14(18)16-8-11(2)17-12(3)9-16/h10-13H,4-9H2,1-3H3,(H,15,18)/t10-,11-,12+,13+/m0/s1. The highest BCUT2D eigenvalue weighted by Gasteiger charge is 2.27. The first kappa shape index (κ1) is 14.1. The summed E-state index contributed by atoms with van der Waals surface area (Å²) in [7, 11) is 0. The Morgan fingerprint density at radius 1 is 1.11 bits per heavy atom. The predicted octanol–water partition coefficient (Wildman–Crippen LogP) is 2.55. The summed E-state index contributed by atoms with van der Waals surface area (Å²) in [5.74, 6) is 0.743. The van der Waals surface area contributed by atoms with Crippen molar-refractivity contribution in [1.29, 1.82) is 0 Å². The van der Waals surface area contributed by atoms with Crippen LogP contribution < -0.4 is 5.32 Å². The van der Waals surface area contributed by atoms with E-state index in [2.05, 4.69) is 31.0 Å². The summed E-state index contributed by atoms with van der Waals surface area (Å²) in [5, 5.41) is 4.51. The first-order chi connectivity index (χ1) is 8.56. The van der Waals surface area contributed by atoms with E-state index in [9.17, 15) is 0 Å². The molecule has 1 aliphatic carbocycles. The molecule has 0 unspecified atom stereocenters. The fourth-order valence-electron chi connectivity index (χ4n) is 3.12. The Morgan fingerprint density at radius 3 is 2.33 bits per heavy atom. The molecule has 2 aliphatic rings. The lowest BCUT2D eigenvalue weighted by atomic mass is 9.86. The predicted molar refractivity (Wildman–Crippen MR) is 78.7 cm³/mol.